The second-order valence-corrected chi connectivity index (χ2v) is 6.77. The number of carbonyl (C=O) groups is 2. The smallest absolute Gasteiger partial charge is 0.335 e. The molecule has 0 saturated carbocycles. The van der Waals surface area contributed by atoms with Gasteiger partial charge in [0.1, 0.15) is 22.9 Å². The highest BCUT2D eigenvalue weighted by atomic mass is 35.5. The molecule has 0 radical (unpaired) electrons. The van der Waals surface area contributed by atoms with E-state index in [-0.39, 0.29) is 27.8 Å². The van der Waals surface area contributed by atoms with Gasteiger partial charge in [-0.1, -0.05) is 23.7 Å². The highest BCUT2D eigenvalue weighted by molar-refractivity contribution is 6.30. The van der Waals surface area contributed by atoms with Crippen LogP contribution >= 0.6 is 11.6 Å². The molecule has 0 saturated heterocycles. The number of hydrogen-bond acceptors (Lipinski definition) is 4. The number of aromatic nitrogens is 1. The monoisotopic (exact) mass is 432 g/mol. The zero-order chi connectivity index (χ0) is 21.8. The average molecular weight is 433 g/mol. The molecule has 1 amide bonds. The van der Waals surface area contributed by atoms with Crippen molar-refractivity contribution in [3.05, 3.63) is 88.1 Å². The van der Waals surface area contributed by atoms with E-state index in [1.807, 2.05) is 0 Å². The van der Waals surface area contributed by atoms with Crippen LogP contribution in [0.2, 0.25) is 5.02 Å². The molecule has 1 aromatic heterocycles. The van der Waals surface area contributed by atoms with Gasteiger partial charge in [-0.25, -0.2) is 18.6 Å². The van der Waals surface area contributed by atoms with Crippen molar-refractivity contribution in [1.29, 1.82) is 0 Å². The quantitative estimate of drug-likeness (QED) is 0.572. The zero-order valence-electron chi connectivity index (χ0n) is 15.5. The Bertz CT molecular complexity index is 1090. The van der Waals surface area contributed by atoms with Gasteiger partial charge in [-0.3, -0.25) is 4.79 Å². The van der Waals surface area contributed by atoms with Crippen LogP contribution in [0, 0.1) is 11.6 Å². The first kappa shape index (κ1) is 21.2. The summed E-state index contributed by atoms with van der Waals surface area (Å²) >= 11 is 5.94. The minimum absolute atomic E-state index is 0.0406. The van der Waals surface area contributed by atoms with E-state index < -0.39 is 29.6 Å². The molecule has 0 bridgehead atoms. The number of nitrogens with zero attached hydrogens (tertiary/aromatic N) is 1. The number of carbonyl (C=O) groups excluding carboxylic acids is 1. The van der Waals surface area contributed by atoms with Crippen molar-refractivity contribution < 1.29 is 28.2 Å². The lowest BCUT2D eigenvalue weighted by Crippen LogP contribution is -2.27. The molecular weight excluding hydrogens is 418 g/mol. The lowest BCUT2D eigenvalue weighted by atomic mass is 10.1. The molecule has 154 valence electrons. The van der Waals surface area contributed by atoms with E-state index in [2.05, 4.69) is 10.3 Å². The molecule has 0 spiro atoms. The van der Waals surface area contributed by atoms with E-state index in [4.69, 9.17) is 21.4 Å². The number of rotatable bonds is 6. The Balaban J connectivity index is 1.82. The van der Waals surface area contributed by atoms with Crippen molar-refractivity contribution in [2.45, 2.75) is 13.0 Å². The number of aromatic carboxylic acids is 1. The fourth-order valence-electron chi connectivity index (χ4n) is 2.64. The van der Waals surface area contributed by atoms with Gasteiger partial charge in [-0.05, 0) is 30.7 Å². The number of pyridine rings is 1. The minimum atomic E-state index is -1.06. The number of amides is 1. The molecule has 0 aliphatic carbocycles. The number of carboxylic acid groups (broad SMARTS) is 1. The van der Waals surface area contributed by atoms with E-state index in [0.717, 1.165) is 12.1 Å². The fourth-order valence-corrected chi connectivity index (χ4v) is 2.80. The summed E-state index contributed by atoms with van der Waals surface area (Å²) in [5.41, 5.74) is 0.744. The Morgan fingerprint density at radius 2 is 1.73 bits per heavy atom. The SMILES string of the molecule is CC(NC(=O)c1cc(Cl)cnc1Oc1cc(F)cc(F)c1)c1ccc(C(=O)O)cc1. The van der Waals surface area contributed by atoms with Crippen LogP contribution in [-0.4, -0.2) is 22.0 Å². The molecule has 30 heavy (non-hydrogen) atoms. The third-order valence-electron chi connectivity index (χ3n) is 4.12. The van der Waals surface area contributed by atoms with Crippen LogP contribution in [-0.2, 0) is 0 Å². The first-order valence-corrected chi connectivity index (χ1v) is 9.04. The Morgan fingerprint density at radius 1 is 1.10 bits per heavy atom. The van der Waals surface area contributed by atoms with Crippen LogP contribution in [0.1, 0.15) is 39.2 Å². The van der Waals surface area contributed by atoms with Crippen molar-refractivity contribution in [1.82, 2.24) is 10.3 Å². The van der Waals surface area contributed by atoms with Crippen LogP contribution in [0.5, 0.6) is 11.6 Å². The summed E-state index contributed by atoms with van der Waals surface area (Å²) in [6.07, 6.45) is 1.23. The van der Waals surface area contributed by atoms with Gasteiger partial charge >= 0.3 is 5.97 Å². The van der Waals surface area contributed by atoms with Crippen molar-refractivity contribution in [2.24, 2.45) is 0 Å². The molecule has 2 aromatic carbocycles. The molecule has 6 nitrogen and oxygen atoms in total. The molecule has 0 fully saturated rings. The number of carboxylic acids is 1. The molecule has 0 aliphatic rings. The zero-order valence-corrected chi connectivity index (χ0v) is 16.3. The molecule has 0 aliphatic heterocycles. The summed E-state index contributed by atoms with van der Waals surface area (Å²) in [6.45, 7) is 1.70. The third-order valence-corrected chi connectivity index (χ3v) is 4.32. The molecule has 1 heterocycles. The molecule has 2 N–H and O–H groups in total. The first-order chi connectivity index (χ1) is 14.2. The van der Waals surface area contributed by atoms with E-state index in [0.29, 0.717) is 11.6 Å². The summed E-state index contributed by atoms with van der Waals surface area (Å²) in [7, 11) is 0. The van der Waals surface area contributed by atoms with E-state index in [1.165, 1.54) is 24.4 Å². The fraction of sp³-hybridized carbons (Fsp3) is 0.0952. The molecular formula is C21H15ClF2N2O4. The summed E-state index contributed by atoms with van der Waals surface area (Å²) in [5.74, 6) is -3.69. The maximum atomic E-state index is 13.4. The van der Waals surface area contributed by atoms with Crippen molar-refractivity contribution >= 4 is 23.5 Å². The summed E-state index contributed by atoms with van der Waals surface area (Å²) in [5, 5.41) is 11.9. The molecule has 1 unspecified atom stereocenters. The highest BCUT2D eigenvalue weighted by Gasteiger charge is 2.19. The molecule has 9 heteroatoms. The van der Waals surface area contributed by atoms with Gasteiger partial charge in [0.05, 0.1) is 16.6 Å². The second-order valence-electron chi connectivity index (χ2n) is 6.34. The Labute approximate surface area is 175 Å². The van der Waals surface area contributed by atoms with Gasteiger partial charge < -0.3 is 15.2 Å². The van der Waals surface area contributed by atoms with Gasteiger partial charge in [-0.15, -0.1) is 0 Å². The number of halogens is 3. The predicted octanol–water partition coefficient (Wildman–Crippen LogP) is 4.99. The normalized spacial score (nSPS) is 11.6. The van der Waals surface area contributed by atoms with Crippen LogP contribution in [0.4, 0.5) is 8.78 Å². The lowest BCUT2D eigenvalue weighted by Gasteiger charge is -2.16. The number of benzene rings is 2. The second kappa shape index (κ2) is 8.87. The van der Waals surface area contributed by atoms with Gasteiger partial charge in [0.25, 0.3) is 5.91 Å². The van der Waals surface area contributed by atoms with Crippen LogP contribution in [0.25, 0.3) is 0 Å². The number of ether oxygens (including phenoxy) is 1. The maximum absolute atomic E-state index is 13.4. The number of nitrogens with one attached hydrogen (secondary N) is 1. The van der Waals surface area contributed by atoms with Crippen LogP contribution < -0.4 is 10.1 Å². The highest BCUT2D eigenvalue weighted by Crippen LogP contribution is 2.27. The van der Waals surface area contributed by atoms with E-state index >= 15 is 0 Å². The Morgan fingerprint density at radius 3 is 2.33 bits per heavy atom. The molecule has 1 atom stereocenters. The van der Waals surface area contributed by atoms with Crippen LogP contribution in [0.15, 0.2) is 54.7 Å². The standard InChI is InChI=1S/C21H15ClF2N2O4/c1-11(12-2-4-13(5-3-12)21(28)29)26-19(27)18-6-14(22)10-25-20(18)30-17-8-15(23)7-16(24)9-17/h2-11H,1H3,(H,26,27)(H,28,29). The Hall–Kier alpha value is -3.52. The van der Waals surface area contributed by atoms with Crippen LogP contribution in [0.3, 0.4) is 0 Å². The number of hydrogen-bond donors (Lipinski definition) is 2. The first-order valence-electron chi connectivity index (χ1n) is 8.66. The van der Waals surface area contributed by atoms with Gasteiger partial charge in [0, 0.05) is 24.4 Å². The van der Waals surface area contributed by atoms with Gasteiger partial charge in [-0.2, -0.15) is 0 Å². The van der Waals surface area contributed by atoms with Crippen molar-refractivity contribution in [3.63, 3.8) is 0 Å². The van der Waals surface area contributed by atoms with Crippen molar-refractivity contribution in [2.75, 3.05) is 0 Å². The lowest BCUT2D eigenvalue weighted by molar-refractivity contribution is 0.0696. The summed E-state index contributed by atoms with van der Waals surface area (Å²) in [4.78, 5) is 27.7. The average Bonchev–Trinajstić information content (AvgIpc) is 2.68. The minimum Gasteiger partial charge on any atom is -0.478 e. The summed E-state index contributed by atoms with van der Waals surface area (Å²) in [6, 6.07) is 9.43. The Kier molecular flexibility index (Phi) is 6.27. The third kappa shape index (κ3) is 5.09. The molecule has 3 aromatic rings. The summed E-state index contributed by atoms with van der Waals surface area (Å²) < 4.78 is 32.2. The maximum Gasteiger partial charge on any atom is 0.335 e. The van der Waals surface area contributed by atoms with E-state index in [1.54, 1.807) is 19.1 Å². The van der Waals surface area contributed by atoms with Crippen molar-refractivity contribution in [3.8, 4) is 11.6 Å². The largest absolute Gasteiger partial charge is 0.478 e. The predicted molar refractivity (Wildman–Crippen MR) is 105 cm³/mol. The van der Waals surface area contributed by atoms with Gasteiger partial charge in [0.15, 0.2) is 0 Å². The van der Waals surface area contributed by atoms with Gasteiger partial charge in [0.2, 0.25) is 5.88 Å². The topological polar surface area (TPSA) is 88.5 Å². The molecule has 3 rings (SSSR count). The van der Waals surface area contributed by atoms with E-state index in [9.17, 15) is 18.4 Å².